The molecule has 17 heavy (non-hydrogen) atoms. The highest BCUT2D eigenvalue weighted by Gasteiger charge is 2.13. The van der Waals surface area contributed by atoms with Gasteiger partial charge < -0.3 is 11.6 Å². The van der Waals surface area contributed by atoms with Crippen molar-refractivity contribution in [3.63, 3.8) is 0 Å². The van der Waals surface area contributed by atoms with Crippen molar-refractivity contribution < 1.29 is 0 Å². The maximum absolute atomic E-state index is 5.75. The molecule has 0 fully saturated rings. The molecular weight excluding hydrogens is 216 g/mol. The molecule has 0 spiro atoms. The Labute approximate surface area is 96.9 Å². The van der Waals surface area contributed by atoms with Gasteiger partial charge in [0.2, 0.25) is 11.8 Å². The first kappa shape index (κ1) is 9.59. The van der Waals surface area contributed by atoms with E-state index in [2.05, 4.69) is 15.2 Å². The van der Waals surface area contributed by atoms with Gasteiger partial charge in [-0.3, -0.25) is 4.98 Å². The van der Waals surface area contributed by atoms with Gasteiger partial charge >= 0.3 is 0 Å². The highest BCUT2D eigenvalue weighted by atomic mass is 15.4. The molecule has 6 heteroatoms. The van der Waals surface area contributed by atoms with Gasteiger partial charge in [-0.2, -0.15) is 0 Å². The van der Waals surface area contributed by atoms with Crippen LogP contribution in [0, 0.1) is 0 Å². The smallest absolute Gasteiger partial charge is 0.241 e. The Morgan fingerprint density at radius 2 is 1.88 bits per heavy atom. The summed E-state index contributed by atoms with van der Waals surface area (Å²) in [7, 11) is 0. The van der Waals surface area contributed by atoms with Crippen molar-refractivity contribution in [3.8, 4) is 11.5 Å². The van der Waals surface area contributed by atoms with E-state index in [4.69, 9.17) is 11.6 Å². The molecule has 0 unspecified atom stereocenters. The van der Waals surface area contributed by atoms with Crippen LogP contribution in [0.1, 0.15) is 0 Å². The first-order chi connectivity index (χ1) is 8.27. The third kappa shape index (κ3) is 1.38. The lowest BCUT2D eigenvalue weighted by molar-refractivity contribution is 1.01. The fraction of sp³-hybridized carbons (Fsp3) is 0. The average Bonchev–Trinajstić information content (AvgIpc) is 2.69. The Balaban J connectivity index is 2.34. The van der Waals surface area contributed by atoms with Crippen molar-refractivity contribution in [2.45, 2.75) is 0 Å². The molecule has 0 saturated carbocycles. The van der Waals surface area contributed by atoms with Crippen LogP contribution in [0.15, 0.2) is 36.5 Å². The van der Waals surface area contributed by atoms with Crippen LogP contribution in [0.5, 0.6) is 0 Å². The summed E-state index contributed by atoms with van der Waals surface area (Å²) in [6.45, 7) is 0. The van der Waals surface area contributed by atoms with E-state index >= 15 is 0 Å². The molecule has 4 N–H and O–H groups in total. The number of fused-ring (bicyclic) bond motifs is 1. The van der Waals surface area contributed by atoms with E-state index in [9.17, 15) is 0 Å². The Morgan fingerprint density at radius 1 is 1.06 bits per heavy atom. The lowest BCUT2D eigenvalue weighted by Gasteiger charge is -2.04. The Bertz CT molecular complexity index is 682. The van der Waals surface area contributed by atoms with E-state index in [1.165, 1.54) is 4.68 Å². The second-order valence-electron chi connectivity index (χ2n) is 3.63. The van der Waals surface area contributed by atoms with Gasteiger partial charge in [0.25, 0.3) is 0 Å². The van der Waals surface area contributed by atoms with E-state index in [1.54, 1.807) is 6.20 Å². The van der Waals surface area contributed by atoms with Crippen molar-refractivity contribution in [2.24, 2.45) is 0 Å². The number of nitrogens with two attached hydrogens (primary N) is 2. The molecule has 0 aliphatic heterocycles. The predicted octanol–water partition coefficient (Wildman–Crippen LogP) is 0.789. The van der Waals surface area contributed by atoms with Gasteiger partial charge in [-0.15, -0.1) is 10.2 Å². The molecule has 0 aliphatic carbocycles. The molecule has 0 atom stereocenters. The van der Waals surface area contributed by atoms with Crippen LogP contribution < -0.4 is 11.6 Å². The summed E-state index contributed by atoms with van der Waals surface area (Å²) in [6.07, 6.45) is 1.71. The number of aromatic nitrogens is 4. The SMILES string of the molecule is Nc1nnc(-c2nccc3ccccc23)n1N. The Kier molecular flexibility index (Phi) is 1.94. The first-order valence-electron chi connectivity index (χ1n) is 5.07. The quantitative estimate of drug-likeness (QED) is 0.598. The standard InChI is InChI=1S/C11H10N6/c12-11-16-15-10(17(11)13)9-8-4-2-1-3-7(8)5-6-14-9/h1-6H,13H2,(H2,12,16). The monoisotopic (exact) mass is 226 g/mol. The minimum atomic E-state index is 0.162. The maximum atomic E-state index is 5.75. The fourth-order valence-electron chi connectivity index (χ4n) is 1.76. The minimum absolute atomic E-state index is 0.162. The van der Waals surface area contributed by atoms with Crippen LogP contribution in [0.3, 0.4) is 0 Å². The highest BCUT2D eigenvalue weighted by molar-refractivity contribution is 5.92. The number of hydrogen-bond donors (Lipinski definition) is 2. The van der Waals surface area contributed by atoms with Gasteiger partial charge in [0, 0.05) is 11.6 Å². The van der Waals surface area contributed by atoms with Crippen molar-refractivity contribution >= 4 is 16.7 Å². The zero-order valence-electron chi connectivity index (χ0n) is 8.91. The zero-order chi connectivity index (χ0) is 11.8. The number of benzene rings is 1. The molecule has 84 valence electrons. The van der Waals surface area contributed by atoms with E-state index in [0.717, 1.165) is 10.8 Å². The third-order valence-corrected chi connectivity index (χ3v) is 2.61. The highest BCUT2D eigenvalue weighted by Crippen LogP contribution is 2.24. The molecule has 0 bridgehead atoms. The van der Waals surface area contributed by atoms with Crippen molar-refractivity contribution in [1.82, 2.24) is 19.9 Å². The van der Waals surface area contributed by atoms with Gasteiger partial charge in [0.1, 0.15) is 5.69 Å². The minimum Gasteiger partial charge on any atom is -0.366 e. The summed E-state index contributed by atoms with van der Waals surface area (Å²) in [5.74, 6) is 6.37. The molecule has 0 saturated heterocycles. The molecule has 3 rings (SSSR count). The van der Waals surface area contributed by atoms with Crippen LogP contribution in [-0.4, -0.2) is 19.9 Å². The lowest BCUT2D eigenvalue weighted by Crippen LogP contribution is -2.13. The molecule has 6 nitrogen and oxygen atoms in total. The largest absolute Gasteiger partial charge is 0.366 e. The number of nitrogens with zero attached hydrogens (tertiary/aromatic N) is 4. The molecule has 0 aliphatic rings. The van der Waals surface area contributed by atoms with Crippen LogP contribution in [-0.2, 0) is 0 Å². The lowest BCUT2D eigenvalue weighted by atomic mass is 10.1. The van der Waals surface area contributed by atoms with Crippen LogP contribution in [0.25, 0.3) is 22.3 Å². The third-order valence-electron chi connectivity index (χ3n) is 2.61. The van der Waals surface area contributed by atoms with E-state index in [0.29, 0.717) is 11.5 Å². The second kappa shape index (κ2) is 3.44. The summed E-state index contributed by atoms with van der Waals surface area (Å²) in [4.78, 5) is 4.29. The summed E-state index contributed by atoms with van der Waals surface area (Å²) < 4.78 is 1.23. The van der Waals surface area contributed by atoms with Crippen molar-refractivity contribution in [1.29, 1.82) is 0 Å². The number of nitrogen functional groups attached to an aromatic ring is 2. The molecule has 1 aromatic carbocycles. The summed E-state index contributed by atoms with van der Waals surface area (Å²) in [5.41, 5.74) is 6.23. The topological polar surface area (TPSA) is 95.6 Å². The summed E-state index contributed by atoms with van der Waals surface area (Å²) in [5, 5.41) is 9.70. The van der Waals surface area contributed by atoms with Crippen molar-refractivity contribution in [2.75, 3.05) is 11.6 Å². The number of rotatable bonds is 1. The second-order valence-corrected chi connectivity index (χ2v) is 3.63. The van der Waals surface area contributed by atoms with Crippen molar-refractivity contribution in [3.05, 3.63) is 36.5 Å². The van der Waals surface area contributed by atoms with Crippen LogP contribution in [0.4, 0.5) is 5.95 Å². The molecule has 3 aromatic rings. The van der Waals surface area contributed by atoms with Gasteiger partial charge in [0.15, 0.2) is 0 Å². The van der Waals surface area contributed by atoms with Gasteiger partial charge in [-0.05, 0) is 11.5 Å². The average molecular weight is 226 g/mol. The number of hydrogen-bond acceptors (Lipinski definition) is 5. The number of pyridine rings is 1. The van der Waals surface area contributed by atoms with E-state index < -0.39 is 0 Å². The van der Waals surface area contributed by atoms with Crippen LogP contribution in [0.2, 0.25) is 0 Å². The Morgan fingerprint density at radius 3 is 2.65 bits per heavy atom. The molecule has 2 aromatic heterocycles. The van der Waals surface area contributed by atoms with E-state index in [1.807, 2.05) is 30.3 Å². The maximum Gasteiger partial charge on any atom is 0.241 e. The fourth-order valence-corrected chi connectivity index (χ4v) is 1.76. The number of anilines is 1. The predicted molar refractivity (Wildman–Crippen MR) is 65.3 cm³/mol. The summed E-state index contributed by atoms with van der Waals surface area (Å²) in [6, 6.07) is 9.80. The van der Waals surface area contributed by atoms with E-state index in [-0.39, 0.29) is 5.95 Å². The first-order valence-corrected chi connectivity index (χ1v) is 5.07. The molecule has 2 heterocycles. The van der Waals surface area contributed by atoms with Gasteiger partial charge in [-0.1, -0.05) is 24.3 Å². The molecule has 0 amide bonds. The zero-order valence-corrected chi connectivity index (χ0v) is 8.91. The normalized spacial score (nSPS) is 10.8. The summed E-state index contributed by atoms with van der Waals surface area (Å²) >= 11 is 0. The Hall–Kier alpha value is -2.63. The van der Waals surface area contributed by atoms with Gasteiger partial charge in [0.05, 0.1) is 0 Å². The molecular formula is C11H10N6. The van der Waals surface area contributed by atoms with Gasteiger partial charge in [-0.25, -0.2) is 4.68 Å². The molecule has 0 radical (unpaired) electrons. The van der Waals surface area contributed by atoms with Crippen LogP contribution >= 0.6 is 0 Å².